The van der Waals surface area contributed by atoms with Crippen molar-refractivity contribution in [2.75, 3.05) is 26.2 Å². The molecule has 1 fully saturated rings. The van der Waals surface area contributed by atoms with Crippen molar-refractivity contribution in [3.63, 3.8) is 0 Å². The zero-order valence-corrected chi connectivity index (χ0v) is 14.0. The minimum absolute atomic E-state index is 0.121. The molecule has 140 valence electrons. The topological polar surface area (TPSA) is 37.4 Å². The summed E-state index contributed by atoms with van der Waals surface area (Å²) in [5, 5.41) is 3.34. The minimum atomic E-state index is -4.50. The Kier molecular flexibility index (Phi) is 5.73. The fourth-order valence-corrected chi connectivity index (χ4v) is 3.00. The minimum Gasteiger partial charge on any atom is -0.481 e. The lowest BCUT2D eigenvalue weighted by Gasteiger charge is -2.36. The number of nitrogens with zero attached hydrogens (tertiary/aromatic N) is 2. The van der Waals surface area contributed by atoms with E-state index in [0.717, 1.165) is 25.2 Å². The van der Waals surface area contributed by atoms with Crippen LogP contribution in [0.5, 0.6) is 5.75 Å². The molecule has 0 saturated carbocycles. The molecule has 1 saturated heterocycles. The van der Waals surface area contributed by atoms with Crippen molar-refractivity contribution >= 4 is 0 Å². The second kappa shape index (κ2) is 8.01. The van der Waals surface area contributed by atoms with Gasteiger partial charge in [-0.1, -0.05) is 6.07 Å². The number of piperazine rings is 1. The summed E-state index contributed by atoms with van der Waals surface area (Å²) in [5.74, 6) is -1.18. The maximum atomic E-state index is 14.1. The summed E-state index contributed by atoms with van der Waals surface area (Å²) in [5.41, 5.74) is 1.79. The molecule has 1 aliphatic rings. The number of rotatable bonds is 5. The third-order valence-electron chi connectivity index (χ3n) is 4.22. The molecule has 1 atom stereocenters. The number of pyridine rings is 1. The zero-order chi connectivity index (χ0) is 18.6. The lowest BCUT2D eigenvalue weighted by atomic mass is 10.0. The van der Waals surface area contributed by atoms with Crippen LogP contribution in [-0.2, 0) is 6.54 Å². The van der Waals surface area contributed by atoms with Crippen molar-refractivity contribution in [2.24, 2.45) is 0 Å². The number of halogens is 4. The first kappa shape index (κ1) is 18.6. The van der Waals surface area contributed by atoms with Crippen LogP contribution in [0, 0.1) is 5.82 Å². The molecular weight excluding hydrogens is 350 g/mol. The number of aromatic nitrogens is 1. The van der Waals surface area contributed by atoms with Crippen LogP contribution in [0.25, 0.3) is 0 Å². The standard InChI is InChI=1S/C18H19F4N3O/c19-15-9-13(1-2-17(15)26-12-18(20,21)22)11-25-8-7-24-10-16(25)14-3-5-23-6-4-14/h1-6,9,16,24H,7-8,10-12H2. The van der Waals surface area contributed by atoms with E-state index in [2.05, 4.69) is 19.9 Å². The number of nitrogens with one attached hydrogen (secondary N) is 1. The normalized spacial score (nSPS) is 18.7. The molecule has 3 rings (SSSR count). The van der Waals surface area contributed by atoms with Crippen molar-refractivity contribution in [3.8, 4) is 5.75 Å². The summed E-state index contributed by atoms with van der Waals surface area (Å²) in [6.07, 6.45) is -1.03. The fraction of sp³-hybridized carbons (Fsp3) is 0.389. The highest BCUT2D eigenvalue weighted by Gasteiger charge is 2.29. The van der Waals surface area contributed by atoms with E-state index in [1.807, 2.05) is 12.1 Å². The number of benzene rings is 1. The van der Waals surface area contributed by atoms with Gasteiger partial charge in [0.05, 0.1) is 0 Å². The summed E-state index contributed by atoms with van der Waals surface area (Å²) in [4.78, 5) is 6.23. The molecule has 1 N–H and O–H groups in total. The highest BCUT2D eigenvalue weighted by Crippen LogP contribution is 2.26. The SMILES string of the molecule is Fc1cc(CN2CCNCC2c2ccncc2)ccc1OCC(F)(F)F. The lowest BCUT2D eigenvalue weighted by molar-refractivity contribution is -0.153. The molecule has 0 bridgehead atoms. The molecule has 0 spiro atoms. The second-order valence-corrected chi connectivity index (χ2v) is 6.14. The summed E-state index contributed by atoms with van der Waals surface area (Å²) in [6, 6.07) is 8.09. The van der Waals surface area contributed by atoms with Gasteiger partial charge in [0.1, 0.15) is 0 Å². The van der Waals surface area contributed by atoms with E-state index in [-0.39, 0.29) is 6.04 Å². The molecule has 1 aliphatic heterocycles. The van der Waals surface area contributed by atoms with Gasteiger partial charge in [-0.3, -0.25) is 9.88 Å². The molecule has 8 heteroatoms. The largest absolute Gasteiger partial charge is 0.481 e. The molecular formula is C18H19F4N3O. The average molecular weight is 369 g/mol. The van der Waals surface area contributed by atoms with Gasteiger partial charge in [0.25, 0.3) is 0 Å². The van der Waals surface area contributed by atoms with Crippen LogP contribution in [0.3, 0.4) is 0 Å². The molecule has 26 heavy (non-hydrogen) atoms. The summed E-state index contributed by atoms with van der Waals surface area (Å²) >= 11 is 0. The van der Waals surface area contributed by atoms with E-state index in [0.29, 0.717) is 12.1 Å². The third kappa shape index (κ3) is 4.92. The Morgan fingerprint density at radius 2 is 1.96 bits per heavy atom. The van der Waals surface area contributed by atoms with Crippen molar-refractivity contribution in [2.45, 2.75) is 18.8 Å². The molecule has 0 aliphatic carbocycles. The molecule has 1 unspecified atom stereocenters. The van der Waals surface area contributed by atoms with Crippen LogP contribution in [0.15, 0.2) is 42.7 Å². The van der Waals surface area contributed by atoms with Crippen molar-refractivity contribution in [1.82, 2.24) is 15.2 Å². The maximum absolute atomic E-state index is 14.1. The van der Waals surface area contributed by atoms with E-state index >= 15 is 0 Å². The first-order valence-corrected chi connectivity index (χ1v) is 8.25. The van der Waals surface area contributed by atoms with Crippen LogP contribution >= 0.6 is 0 Å². The number of alkyl halides is 3. The maximum Gasteiger partial charge on any atom is 0.422 e. The Morgan fingerprint density at radius 1 is 1.19 bits per heavy atom. The number of ether oxygens (including phenoxy) is 1. The Hall–Kier alpha value is -2.19. The average Bonchev–Trinajstić information content (AvgIpc) is 2.61. The van der Waals surface area contributed by atoms with Gasteiger partial charge in [-0.05, 0) is 35.4 Å². The first-order valence-electron chi connectivity index (χ1n) is 8.25. The number of hydrogen-bond acceptors (Lipinski definition) is 4. The smallest absolute Gasteiger partial charge is 0.422 e. The molecule has 0 amide bonds. The third-order valence-corrected chi connectivity index (χ3v) is 4.22. The second-order valence-electron chi connectivity index (χ2n) is 6.14. The Morgan fingerprint density at radius 3 is 2.65 bits per heavy atom. The van der Waals surface area contributed by atoms with Crippen molar-refractivity contribution in [1.29, 1.82) is 0 Å². The fourth-order valence-electron chi connectivity index (χ4n) is 3.00. The van der Waals surface area contributed by atoms with Crippen LogP contribution in [-0.4, -0.2) is 42.3 Å². The Balaban J connectivity index is 1.70. The van der Waals surface area contributed by atoms with Crippen molar-refractivity contribution < 1.29 is 22.3 Å². The highest BCUT2D eigenvalue weighted by molar-refractivity contribution is 5.30. The van der Waals surface area contributed by atoms with Crippen LogP contribution in [0.1, 0.15) is 17.2 Å². The quantitative estimate of drug-likeness (QED) is 0.821. The Bertz CT molecular complexity index is 724. The van der Waals surface area contributed by atoms with Gasteiger partial charge >= 0.3 is 6.18 Å². The van der Waals surface area contributed by atoms with E-state index in [4.69, 9.17) is 0 Å². The number of hydrogen-bond donors (Lipinski definition) is 1. The van der Waals surface area contributed by atoms with Gasteiger partial charge in [-0.25, -0.2) is 4.39 Å². The van der Waals surface area contributed by atoms with E-state index in [9.17, 15) is 17.6 Å². The monoisotopic (exact) mass is 369 g/mol. The van der Waals surface area contributed by atoms with E-state index < -0.39 is 24.3 Å². The van der Waals surface area contributed by atoms with E-state index in [1.54, 1.807) is 18.5 Å². The summed E-state index contributed by atoms with van der Waals surface area (Å²) < 4.78 is 55.2. The van der Waals surface area contributed by atoms with Gasteiger partial charge in [-0.2, -0.15) is 13.2 Å². The summed E-state index contributed by atoms with van der Waals surface area (Å²) in [7, 11) is 0. The first-order chi connectivity index (χ1) is 12.4. The molecule has 1 aromatic carbocycles. The van der Waals surface area contributed by atoms with Gasteiger partial charge < -0.3 is 10.1 Å². The van der Waals surface area contributed by atoms with Gasteiger partial charge in [0.15, 0.2) is 18.2 Å². The van der Waals surface area contributed by atoms with Gasteiger partial charge in [-0.15, -0.1) is 0 Å². The molecule has 0 radical (unpaired) electrons. The van der Waals surface area contributed by atoms with Gasteiger partial charge in [0.2, 0.25) is 0 Å². The molecule has 1 aromatic heterocycles. The zero-order valence-electron chi connectivity index (χ0n) is 14.0. The highest BCUT2D eigenvalue weighted by atomic mass is 19.4. The predicted molar refractivity (Wildman–Crippen MR) is 88.2 cm³/mol. The van der Waals surface area contributed by atoms with Crippen molar-refractivity contribution in [3.05, 3.63) is 59.7 Å². The Labute approximate surface area is 148 Å². The van der Waals surface area contributed by atoms with Crippen LogP contribution in [0.4, 0.5) is 17.6 Å². The summed E-state index contributed by atoms with van der Waals surface area (Å²) in [6.45, 7) is 1.34. The predicted octanol–water partition coefficient (Wildman–Crippen LogP) is 3.31. The van der Waals surface area contributed by atoms with Crippen LogP contribution < -0.4 is 10.1 Å². The molecule has 2 aromatic rings. The lowest BCUT2D eigenvalue weighted by Crippen LogP contribution is -2.45. The van der Waals surface area contributed by atoms with Crippen LogP contribution in [0.2, 0.25) is 0 Å². The van der Waals surface area contributed by atoms with E-state index in [1.165, 1.54) is 12.1 Å². The molecule has 2 heterocycles. The molecule has 4 nitrogen and oxygen atoms in total. The van der Waals surface area contributed by atoms with Gasteiger partial charge in [0, 0.05) is 44.6 Å².